The first-order valence-electron chi connectivity index (χ1n) is 8.69. The molecule has 3 aromatic rings. The molecule has 1 amide bonds. The Bertz CT molecular complexity index is 1130. The van der Waals surface area contributed by atoms with Crippen LogP contribution in [0.2, 0.25) is 5.02 Å². The number of carbonyl (C=O) groups is 1. The third-order valence-corrected chi connectivity index (χ3v) is 5.96. The molecule has 0 saturated carbocycles. The van der Waals surface area contributed by atoms with E-state index < -0.39 is 0 Å². The fourth-order valence-electron chi connectivity index (χ4n) is 2.89. The van der Waals surface area contributed by atoms with Crippen molar-refractivity contribution in [3.8, 4) is 0 Å². The van der Waals surface area contributed by atoms with E-state index in [4.69, 9.17) is 23.8 Å². The van der Waals surface area contributed by atoms with Crippen molar-refractivity contribution in [3.63, 3.8) is 0 Å². The summed E-state index contributed by atoms with van der Waals surface area (Å²) in [6.45, 7) is 6.04. The quantitative estimate of drug-likeness (QED) is 0.449. The summed E-state index contributed by atoms with van der Waals surface area (Å²) in [6, 6.07) is 7.18. The number of nitrogens with one attached hydrogen (secondary N) is 1. The molecule has 9 heteroatoms. The van der Waals surface area contributed by atoms with Crippen LogP contribution in [-0.4, -0.2) is 20.0 Å². The molecule has 28 heavy (non-hydrogen) atoms. The molecule has 0 fully saturated rings. The lowest BCUT2D eigenvalue weighted by molar-refractivity contribution is -0.122. The minimum Gasteiger partial charge on any atom is -0.348 e. The molecule has 0 saturated heterocycles. The van der Waals surface area contributed by atoms with E-state index in [2.05, 4.69) is 16.9 Å². The Morgan fingerprint density at radius 2 is 2.14 bits per heavy atom. The lowest BCUT2D eigenvalue weighted by Gasteiger charge is -2.18. The van der Waals surface area contributed by atoms with Crippen LogP contribution >= 0.6 is 35.2 Å². The van der Waals surface area contributed by atoms with E-state index in [0.717, 1.165) is 5.56 Å². The van der Waals surface area contributed by atoms with Gasteiger partial charge >= 0.3 is 0 Å². The fourth-order valence-corrected chi connectivity index (χ4v) is 4.33. The van der Waals surface area contributed by atoms with Crippen LogP contribution < -0.4 is 10.9 Å². The number of benzene rings is 1. The number of nitrogens with zero attached hydrogens (tertiary/aromatic N) is 3. The highest BCUT2D eigenvalue weighted by atomic mass is 35.5. The van der Waals surface area contributed by atoms with Gasteiger partial charge in [-0.2, -0.15) is 0 Å². The summed E-state index contributed by atoms with van der Waals surface area (Å²) in [5, 5.41) is 3.60. The van der Waals surface area contributed by atoms with Crippen molar-refractivity contribution in [3.05, 3.63) is 68.1 Å². The van der Waals surface area contributed by atoms with Crippen molar-refractivity contribution < 1.29 is 4.79 Å². The van der Waals surface area contributed by atoms with Gasteiger partial charge in [-0.15, -0.1) is 6.58 Å². The van der Waals surface area contributed by atoms with Crippen molar-refractivity contribution in [1.82, 2.24) is 19.4 Å². The van der Waals surface area contributed by atoms with E-state index in [-0.39, 0.29) is 24.1 Å². The number of carbonyl (C=O) groups excluding carboxylic acids is 1. The van der Waals surface area contributed by atoms with Gasteiger partial charge in [-0.05, 0) is 36.3 Å². The van der Waals surface area contributed by atoms with Crippen LogP contribution in [0.4, 0.5) is 0 Å². The van der Waals surface area contributed by atoms with Crippen molar-refractivity contribution in [1.29, 1.82) is 0 Å². The Hall–Kier alpha value is -2.29. The number of fused-ring (bicyclic) bond motifs is 1. The molecular weight excluding hydrogens is 416 g/mol. The maximum Gasteiger partial charge on any atom is 0.273 e. The van der Waals surface area contributed by atoms with Gasteiger partial charge in [0, 0.05) is 11.6 Å². The Kier molecular flexibility index (Phi) is 6.43. The first-order chi connectivity index (χ1) is 13.4. The molecule has 6 nitrogen and oxygen atoms in total. The summed E-state index contributed by atoms with van der Waals surface area (Å²) in [5.74, 6) is -0.265. The summed E-state index contributed by atoms with van der Waals surface area (Å²) < 4.78 is 4.04. The predicted octanol–water partition coefficient (Wildman–Crippen LogP) is 4.10. The van der Waals surface area contributed by atoms with Crippen LogP contribution in [0.5, 0.6) is 0 Å². The van der Waals surface area contributed by atoms with Crippen LogP contribution in [0.15, 0.2) is 48.0 Å². The van der Waals surface area contributed by atoms with E-state index in [1.807, 2.05) is 19.1 Å². The van der Waals surface area contributed by atoms with Crippen LogP contribution in [-0.2, 0) is 17.9 Å². The predicted molar refractivity (Wildman–Crippen MR) is 116 cm³/mol. The minimum absolute atomic E-state index is 0.113. The molecule has 1 N–H and O–H groups in total. The van der Waals surface area contributed by atoms with Gasteiger partial charge in [0.1, 0.15) is 17.6 Å². The summed E-state index contributed by atoms with van der Waals surface area (Å²) in [4.78, 5) is 29.6. The van der Waals surface area contributed by atoms with Crippen molar-refractivity contribution in [2.75, 3.05) is 0 Å². The van der Waals surface area contributed by atoms with Crippen molar-refractivity contribution >= 4 is 51.4 Å². The third kappa shape index (κ3) is 4.24. The lowest BCUT2D eigenvalue weighted by atomic mass is 10.0. The minimum atomic E-state index is -0.279. The average Bonchev–Trinajstić information content (AvgIpc) is 3.00. The monoisotopic (exact) mass is 434 g/mol. The molecule has 1 atom stereocenters. The fraction of sp³-hybridized carbons (Fsp3) is 0.263. The first-order valence-corrected chi connectivity index (χ1v) is 10.3. The number of allylic oxidation sites excluding steroid dienone is 1. The molecule has 0 aliphatic heterocycles. The molecule has 0 radical (unpaired) electrons. The zero-order valence-corrected chi connectivity index (χ0v) is 17.6. The number of rotatable bonds is 7. The van der Waals surface area contributed by atoms with Crippen molar-refractivity contribution in [2.45, 2.75) is 32.5 Å². The zero-order valence-electron chi connectivity index (χ0n) is 15.2. The third-order valence-electron chi connectivity index (χ3n) is 4.28. The molecule has 1 aromatic carbocycles. The van der Waals surface area contributed by atoms with Crippen LogP contribution in [0.3, 0.4) is 0 Å². The maximum absolute atomic E-state index is 12.7. The van der Waals surface area contributed by atoms with E-state index >= 15 is 0 Å². The second-order valence-electron chi connectivity index (χ2n) is 6.18. The van der Waals surface area contributed by atoms with Crippen LogP contribution in [0, 0.1) is 3.95 Å². The number of aromatic nitrogens is 3. The molecule has 0 aliphatic carbocycles. The standard InChI is InChI=1S/C19H19ClN4O2S2/c1-3-9-24-17-16(28-19(24)27)18(26)23(11-21-17)10-15(25)22-14(4-2)12-5-7-13(20)8-6-12/h3,5-8,11,14H,1,4,9-10H2,2H3,(H,22,25). The largest absolute Gasteiger partial charge is 0.348 e. The highest BCUT2D eigenvalue weighted by Crippen LogP contribution is 2.20. The molecule has 0 aliphatic rings. The number of halogens is 1. The van der Waals surface area contributed by atoms with Gasteiger partial charge in [0.15, 0.2) is 9.60 Å². The molecule has 0 spiro atoms. The van der Waals surface area contributed by atoms with Gasteiger partial charge in [-0.1, -0.05) is 48.1 Å². The van der Waals surface area contributed by atoms with Gasteiger partial charge < -0.3 is 9.88 Å². The maximum atomic E-state index is 12.7. The highest BCUT2D eigenvalue weighted by molar-refractivity contribution is 7.73. The molecule has 3 rings (SSSR count). The summed E-state index contributed by atoms with van der Waals surface area (Å²) >= 11 is 12.4. The summed E-state index contributed by atoms with van der Waals surface area (Å²) in [7, 11) is 0. The summed E-state index contributed by atoms with van der Waals surface area (Å²) in [6.07, 6.45) is 3.80. The van der Waals surface area contributed by atoms with Crippen LogP contribution in [0.1, 0.15) is 24.9 Å². The number of amides is 1. The Labute approximate surface area is 176 Å². The Morgan fingerprint density at radius 3 is 2.79 bits per heavy atom. The molecule has 2 aromatic heterocycles. The molecule has 1 unspecified atom stereocenters. The molecule has 2 heterocycles. The van der Waals surface area contributed by atoms with Gasteiger partial charge in [-0.25, -0.2) is 4.98 Å². The van der Waals surface area contributed by atoms with Crippen molar-refractivity contribution in [2.24, 2.45) is 0 Å². The molecule has 0 bridgehead atoms. The van der Waals surface area contributed by atoms with Gasteiger partial charge in [-0.3, -0.25) is 14.2 Å². The highest BCUT2D eigenvalue weighted by Gasteiger charge is 2.16. The smallest absolute Gasteiger partial charge is 0.273 e. The van der Waals surface area contributed by atoms with Gasteiger partial charge in [0.05, 0.1) is 6.04 Å². The summed E-state index contributed by atoms with van der Waals surface area (Å²) in [5.41, 5.74) is 1.20. The topological polar surface area (TPSA) is 68.9 Å². The number of thiazole rings is 1. The van der Waals surface area contributed by atoms with E-state index in [1.165, 1.54) is 22.2 Å². The number of hydrogen-bond acceptors (Lipinski definition) is 5. The van der Waals surface area contributed by atoms with Gasteiger partial charge in [0.2, 0.25) is 5.91 Å². The van der Waals surface area contributed by atoms with E-state index in [9.17, 15) is 9.59 Å². The first kappa shape index (κ1) is 20.4. The normalized spacial score (nSPS) is 12.1. The Balaban J connectivity index is 1.81. The molecular formula is C19H19ClN4O2S2. The van der Waals surface area contributed by atoms with Gasteiger partial charge in [0.25, 0.3) is 5.56 Å². The lowest BCUT2D eigenvalue weighted by Crippen LogP contribution is -2.34. The van der Waals surface area contributed by atoms with E-state index in [0.29, 0.717) is 32.3 Å². The second-order valence-corrected chi connectivity index (χ2v) is 8.26. The average molecular weight is 435 g/mol. The number of hydrogen-bond donors (Lipinski definition) is 1. The Morgan fingerprint density at radius 1 is 1.43 bits per heavy atom. The second kappa shape index (κ2) is 8.81. The van der Waals surface area contributed by atoms with Crippen LogP contribution in [0.25, 0.3) is 10.3 Å². The van der Waals surface area contributed by atoms with E-state index in [1.54, 1.807) is 22.8 Å². The molecule has 146 valence electrons. The SMILES string of the molecule is C=CCn1c(=S)sc2c(=O)n(CC(=O)NC(CC)c3ccc(Cl)cc3)cnc21. The zero-order chi connectivity index (χ0) is 20.3.